The van der Waals surface area contributed by atoms with Crippen molar-refractivity contribution in [1.29, 1.82) is 0 Å². The number of hydrogen-bond donors (Lipinski definition) is 2. The molecular weight excluding hydrogens is 318 g/mol. The van der Waals surface area contributed by atoms with E-state index >= 15 is 0 Å². The van der Waals surface area contributed by atoms with Gasteiger partial charge in [0.1, 0.15) is 0 Å². The summed E-state index contributed by atoms with van der Waals surface area (Å²) >= 11 is 0. The van der Waals surface area contributed by atoms with Gasteiger partial charge in [0.25, 0.3) is 5.91 Å². The van der Waals surface area contributed by atoms with Crippen LogP contribution < -0.4 is 9.80 Å². The molecule has 2 N–H and O–H groups in total. The summed E-state index contributed by atoms with van der Waals surface area (Å²) in [4.78, 5) is 18.0. The van der Waals surface area contributed by atoms with Gasteiger partial charge in [0.05, 0.1) is 45.4 Å². The number of carbonyl (C=O) groups excluding carboxylic acids is 1. The maximum absolute atomic E-state index is 12.7. The van der Waals surface area contributed by atoms with E-state index < -0.39 is 0 Å². The standard InChI is InChI=1S/C19H33N3O3/c23-18(22-12-6-19(7-13-22)24-14-15-25-19)16-20-10-4-17(5-11-20)21-8-2-1-3-9-21/h17H,1-16H2/p+2. The molecule has 4 heterocycles. The molecule has 0 aromatic carbocycles. The minimum Gasteiger partial charge on any atom is -0.347 e. The number of amides is 1. The van der Waals surface area contributed by atoms with Gasteiger partial charge in [-0.15, -0.1) is 0 Å². The van der Waals surface area contributed by atoms with E-state index in [1.165, 1.54) is 63.2 Å². The van der Waals surface area contributed by atoms with Crippen molar-refractivity contribution in [3.63, 3.8) is 0 Å². The topological polar surface area (TPSA) is 47.7 Å². The minimum atomic E-state index is -0.376. The quantitative estimate of drug-likeness (QED) is 0.647. The van der Waals surface area contributed by atoms with Crippen molar-refractivity contribution in [1.82, 2.24) is 4.90 Å². The zero-order valence-corrected chi connectivity index (χ0v) is 15.6. The third-order valence-corrected chi connectivity index (χ3v) is 6.86. The lowest BCUT2D eigenvalue weighted by molar-refractivity contribution is -0.958. The highest BCUT2D eigenvalue weighted by atomic mass is 16.7. The van der Waals surface area contributed by atoms with Crippen molar-refractivity contribution in [3.8, 4) is 0 Å². The molecule has 4 aliphatic rings. The van der Waals surface area contributed by atoms with Gasteiger partial charge in [0.15, 0.2) is 12.3 Å². The first-order valence-corrected chi connectivity index (χ1v) is 10.5. The van der Waals surface area contributed by atoms with Crippen LogP contribution in [0, 0.1) is 0 Å². The molecule has 0 aromatic rings. The first kappa shape index (κ1) is 17.7. The van der Waals surface area contributed by atoms with E-state index in [4.69, 9.17) is 9.47 Å². The van der Waals surface area contributed by atoms with Gasteiger partial charge in [-0.1, -0.05) is 0 Å². The van der Waals surface area contributed by atoms with E-state index in [0.717, 1.165) is 32.0 Å². The highest BCUT2D eigenvalue weighted by Crippen LogP contribution is 2.31. The van der Waals surface area contributed by atoms with Crippen LogP contribution in [-0.4, -0.2) is 81.7 Å². The zero-order chi connectivity index (χ0) is 17.1. The highest BCUT2D eigenvalue weighted by molar-refractivity contribution is 5.77. The van der Waals surface area contributed by atoms with Crippen LogP contribution in [0.2, 0.25) is 0 Å². The SMILES string of the molecule is O=C(C[NH+]1CCC([NH+]2CCCCC2)CC1)N1CCC2(CC1)OCCO2. The molecule has 4 rings (SSSR count). The van der Waals surface area contributed by atoms with Crippen molar-refractivity contribution in [3.05, 3.63) is 0 Å². The fourth-order valence-corrected chi connectivity index (χ4v) is 5.23. The molecular formula is C19H35N3O3+2. The Hall–Kier alpha value is -0.690. The number of nitrogens with zero attached hydrogens (tertiary/aromatic N) is 1. The Morgan fingerprint density at radius 3 is 2.24 bits per heavy atom. The molecule has 0 bridgehead atoms. The van der Waals surface area contributed by atoms with Crippen LogP contribution in [0.5, 0.6) is 0 Å². The Balaban J connectivity index is 1.19. The van der Waals surface area contributed by atoms with Crippen molar-refractivity contribution in [2.45, 2.75) is 56.8 Å². The summed E-state index contributed by atoms with van der Waals surface area (Å²) in [6, 6.07) is 0.852. The van der Waals surface area contributed by atoms with E-state index in [-0.39, 0.29) is 5.79 Å². The monoisotopic (exact) mass is 353 g/mol. The second-order valence-electron chi connectivity index (χ2n) is 8.41. The lowest BCUT2D eigenvalue weighted by Gasteiger charge is -2.39. The minimum absolute atomic E-state index is 0.326. The summed E-state index contributed by atoms with van der Waals surface area (Å²) < 4.78 is 11.5. The fraction of sp³-hybridized carbons (Fsp3) is 0.947. The van der Waals surface area contributed by atoms with Gasteiger partial charge in [-0.25, -0.2) is 0 Å². The third kappa shape index (κ3) is 4.18. The van der Waals surface area contributed by atoms with Crippen molar-refractivity contribution in [2.24, 2.45) is 0 Å². The molecule has 0 atom stereocenters. The van der Waals surface area contributed by atoms with Crippen LogP contribution in [0.1, 0.15) is 44.9 Å². The molecule has 142 valence electrons. The lowest BCUT2D eigenvalue weighted by Crippen LogP contribution is -3.21. The van der Waals surface area contributed by atoms with Crippen molar-refractivity contribution < 1.29 is 24.1 Å². The van der Waals surface area contributed by atoms with Gasteiger partial charge in [0, 0.05) is 38.8 Å². The van der Waals surface area contributed by atoms with Crippen LogP contribution >= 0.6 is 0 Å². The van der Waals surface area contributed by atoms with E-state index in [0.29, 0.717) is 25.7 Å². The molecule has 0 radical (unpaired) electrons. The number of rotatable bonds is 3. The molecule has 6 nitrogen and oxygen atoms in total. The van der Waals surface area contributed by atoms with Gasteiger partial charge in [-0.2, -0.15) is 0 Å². The van der Waals surface area contributed by atoms with E-state index in [1.807, 2.05) is 9.80 Å². The number of ether oxygens (including phenoxy) is 2. The molecule has 4 fully saturated rings. The van der Waals surface area contributed by atoms with E-state index in [2.05, 4.69) is 0 Å². The Morgan fingerprint density at radius 1 is 0.960 bits per heavy atom. The summed E-state index contributed by atoms with van der Waals surface area (Å²) in [5, 5.41) is 0. The summed E-state index contributed by atoms with van der Waals surface area (Å²) in [5.74, 6) is -0.0502. The normalized spacial score (nSPS) is 33.7. The number of hydrogen-bond acceptors (Lipinski definition) is 3. The molecule has 1 spiro atoms. The number of nitrogens with one attached hydrogen (secondary N) is 2. The maximum Gasteiger partial charge on any atom is 0.277 e. The molecule has 4 aliphatic heterocycles. The van der Waals surface area contributed by atoms with Crippen LogP contribution in [0.15, 0.2) is 0 Å². The largest absolute Gasteiger partial charge is 0.347 e. The number of carbonyl (C=O) groups is 1. The Kier molecular flexibility index (Phi) is 5.60. The summed E-state index contributed by atoms with van der Waals surface area (Å²) in [6.45, 7) is 8.74. The smallest absolute Gasteiger partial charge is 0.277 e. The predicted octanol–water partition coefficient (Wildman–Crippen LogP) is -1.53. The Bertz CT molecular complexity index is 443. The summed E-state index contributed by atoms with van der Waals surface area (Å²) in [7, 11) is 0. The first-order valence-electron chi connectivity index (χ1n) is 10.5. The summed E-state index contributed by atoms with van der Waals surface area (Å²) in [5.41, 5.74) is 0. The molecule has 4 saturated heterocycles. The van der Waals surface area contributed by atoms with E-state index in [1.54, 1.807) is 0 Å². The molecule has 25 heavy (non-hydrogen) atoms. The maximum atomic E-state index is 12.7. The average molecular weight is 354 g/mol. The van der Waals surface area contributed by atoms with Gasteiger partial charge in [0.2, 0.25) is 0 Å². The molecule has 0 aromatic heterocycles. The molecule has 1 amide bonds. The zero-order valence-electron chi connectivity index (χ0n) is 15.6. The van der Waals surface area contributed by atoms with Gasteiger partial charge in [-0.3, -0.25) is 4.79 Å². The Morgan fingerprint density at radius 2 is 1.60 bits per heavy atom. The second kappa shape index (κ2) is 7.91. The highest BCUT2D eigenvalue weighted by Gasteiger charge is 2.41. The van der Waals surface area contributed by atoms with Crippen LogP contribution in [0.25, 0.3) is 0 Å². The van der Waals surface area contributed by atoms with Gasteiger partial charge < -0.3 is 24.2 Å². The number of likely N-dealkylation sites (tertiary alicyclic amines) is 3. The van der Waals surface area contributed by atoms with Crippen LogP contribution in [-0.2, 0) is 14.3 Å². The van der Waals surface area contributed by atoms with Crippen molar-refractivity contribution in [2.75, 3.05) is 59.0 Å². The summed E-state index contributed by atoms with van der Waals surface area (Å²) in [6.07, 6.45) is 8.49. The number of quaternary nitrogens is 2. The molecule has 0 saturated carbocycles. The molecule has 6 heteroatoms. The fourth-order valence-electron chi connectivity index (χ4n) is 5.23. The average Bonchev–Trinajstić information content (AvgIpc) is 3.11. The van der Waals surface area contributed by atoms with Gasteiger partial charge >= 0.3 is 0 Å². The van der Waals surface area contributed by atoms with Crippen LogP contribution in [0.4, 0.5) is 0 Å². The lowest BCUT2D eigenvalue weighted by atomic mass is 9.99. The first-order chi connectivity index (χ1) is 12.2. The third-order valence-electron chi connectivity index (χ3n) is 6.86. The van der Waals surface area contributed by atoms with Crippen LogP contribution in [0.3, 0.4) is 0 Å². The predicted molar refractivity (Wildman–Crippen MR) is 93.6 cm³/mol. The number of piperidine rings is 3. The van der Waals surface area contributed by atoms with E-state index in [9.17, 15) is 4.79 Å². The second-order valence-corrected chi connectivity index (χ2v) is 8.41. The Labute approximate surface area is 151 Å². The molecule has 0 unspecified atom stereocenters. The van der Waals surface area contributed by atoms with Gasteiger partial charge in [-0.05, 0) is 19.3 Å². The molecule has 0 aliphatic carbocycles. The van der Waals surface area contributed by atoms with Crippen molar-refractivity contribution >= 4 is 5.91 Å².